The molecule has 1 heterocycles. The van der Waals surface area contributed by atoms with Gasteiger partial charge in [-0.25, -0.2) is 0 Å². The fourth-order valence-corrected chi connectivity index (χ4v) is 0.884. The molecule has 11 heavy (non-hydrogen) atoms. The molecule has 0 bridgehead atoms. The van der Waals surface area contributed by atoms with Crippen LogP contribution in [0.3, 0.4) is 0 Å². The second-order valence-corrected chi connectivity index (χ2v) is 2.31. The third kappa shape index (κ3) is 1.61. The first-order chi connectivity index (χ1) is 5.27. The van der Waals surface area contributed by atoms with Gasteiger partial charge in [-0.1, -0.05) is 12.1 Å². The van der Waals surface area contributed by atoms with Gasteiger partial charge in [0.1, 0.15) is 11.5 Å². The maximum atomic E-state index is 8.52. The number of aryl methyl sites for hydroxylation is 1. The highest BCUT2D eigenvalue weighted by Crippen LogP contribution is 2.09. The van der Waals surface area contributed by atoms with E-state index >= 15 is 0 Å². The van der Waals surface area contributed by atoms with Crippen LogP contribution in [0.15, 0.2) is 21.7 Å². The van der Waals surface area contributed by atoms with Gasteiger partial charge in [-0.15, -0.1) is 0 Å². The van der Waals surface area contributed by atoms with Gasteiger partial charge in [0.25, 0.3) is 0 Å². The van der Waals surface area contributed by atoms with E-state index in [4.69, 9.17) is 9.62 Å². The summed E-state index contributed by atoms with van der Waals surface area (Å²) in [4.78, 5) is 0. The highest BCUT2D eigenvalue weighted by Gasteiger charge is 2.04. The zero-order valence-corrected chi connectivity index (χ0v) is 6.66. The predicted octanol–water partition coefficient (Wildman–Crippen LogP) is 2.18. The molecule has 0 saturated heterocycles. The van der Waals surface area contributed by atoms with Crippen LogP contribution in [0.2, 0.25) is 0 Å². The summed E-state index contributed by atoms with van der Waals surface area (Å²) < 4.78 is 5.24. The zero-order valence-electron chi connectivity index (χ0n) is 6.66. The van der Waals surface area contributed by atoms with Crippen molar-refractivity contribution >= 4 is 5.71 Å². The highest BCUT2D eigenvalue weighted by atomic mass is 16.4. The molecule has 1 aromatic rings. The van der Waals surface area contributed by atoms with E-state index in [-0.39, 0.29) is 0 Å². The molecule has 0 radical (unpaired) electrons. The van der Waals surface area contributed by atoms with E-state index in [1.54, 1.807) is 6.07 Å². The normalized spacial score (nSPS) is 12.0. The number of furan rings is 1. The molecular formula is C8H11NO2. The maximum absolute atomic E-state index is 8.52. The molecule has 1 N–H and O–H groups in total. The van der Waals surface area contributed by atoms with Crippen LogP contribution < -0.4 is 0 Å². The summed E-state index contributed by atoms with van der Waals surface area (Å²) in [5.41, 5.74) is 0.582. The van der Waals surface area contributed by atoms with Crippen LogP contribution in [-0.2, 0) is 0 Å². The van der Waals surface area contributed by atoms with Gasteiger partial charge in [0, 0.05) is 0 Å². The number of oxime groups is 1. The minimum atomic E-state index is 0.582. The first-order valence-electron chi connectivity index (χ1n) is 3.55. The van der Waals surface area contributed by atoms with Crippen molar-refractivity contribution in [3.05, 3.63) is 23.7 Å². The minimum absolute atomic E-state index is 0.582. The quantitative estimate of drug-likeness (QED) is 0.402. The number of nitrogens with zero attached hydrogens (tertiary/aromatic N) is 1. The van der Waals surface area contributed by atoms with E-state index in [1.165, 1.54) is 0 Å². The van der Waals surface area contributed by atoms with Crippen molar-refractivity contribution < 1.29 is 9.62 Å². The Labute approximate surface area is 65.3 Å². The Morgan fingerprint density at radius 3 is 2.73 bits per heavy atom. The molecule has 0 atom stereocenters. The fraction of sp³-hybridized carbons (Fsp3) is 0.375. The van der Waals surface area contributed by atoms with Gasteiger partial charge in [0.05, 0.1) is 0 Å². The van der Waals surface area contributed by atoms with E-state index in [0.29, 0.717) is 17.9 Å². The molecule has 0 spiro atoms. The largest absolute Gasteiger partial charge is 0.460 e. The summed E-state index contributed by atoms with van der Waals surface area (Å²) in [5, 5.41) is 11.6. The van der Waals surface area contributed by atoms with Crippen molar-refractivity contribution in [3.8, 4) is 0 Å². The zero-order chi connectivity index (χ0) is 8.27. The Bertz CT molecular complexity index is 263. The van der Waals surface area contributed by atoms with Crippen molar-refractivity contribution in [1.29, 1.82) is 0 Å². The summed E-state index contributed by atoms with van der Waals surface area (Å²) in [5.74, 6) is 1.47. The molecule has 1 rings (SSSR count). The molecule has 60 valence electrons. The Kier molecular flexibility index (Phi) is 2.31. The average molecular weight is 153 g/mol. The molecule has 0 aliphatic rings. The van der Waals surface area contributed by atoms with Crippen molar-refractivity contribution in [3.63, 3.8) is 0 Å². The lowest BCUT2D eigenvalue weighted by molar-refractivity contribution is 0.316. The Hall–Kier alpha value is -1.25. The molecule has 0 aliphatic heterocycles. The number of hydrogen-bond acceptors (Lipinski definition) is 3. The van der Waals surface area contributed by atoms with E-state index in [1.807, 2.05) is 19.9 Å². The standard InChI is InChI=1S/C8H11NO2/c1-3-7(9-10)8-5-4-6(2)11-8/h4-5,10H,3H2,1-2H3/b9-7-. The Morgan fingerprint density at radius 2 is 2.36 bits per heavy atom. The Morgan fingerprint density at radius 1 is 1.64 bits per heavy atom. The summed E-state index contributed by atoms with van der Waals surface area (Å²) in [6, 6.07) is 3.64. The summed E-state index contributed by atoms with van der Waals surface area (Å²) in [7, 11) is 0. The number of rotatable bonds is 2. The molecule has 0 amide bonds. The predicted molar refractivity (Wildman–Crippen MR) is 42.1 cm³/mol. The van der Waals surface area contributed by atoms with Gasteiger partial charge in [-0.3, -0.25) is 0 Å². The van der Waals surface area contributed by atoms with E-state index in [2.05, 4.69) is 5.16 Å². The lowest BCUT2D eigenvalue weighted by atomic mass is 10.2. The first kappa shape index (κ1) is 7.85. The van der Waals surface area contributed by atoms with Crippen LogP contribution >= 0.6 is 0 Å². The Balaban J connectivity index is 2.91. The molecule has 1 aromatic heterocycles. The van der Waals surface area contributed by atoms with Crippen LogP contribution in [0.5, 0.6) is 0 Å². The number of hydrogen-bond donors (Lipinski definition) is 1. The van der Waals surface area contributed by atoms with Crippen LogP contribution in [0.25, 0.3) is 0 Å². The lowest BCUT2D eigenvalue weighted by Gasteiger charge is -1.93. The highest BCUT2D eigenvalue weighted by molar-refractivity contribution is 5.97. The van der Waals surface area contributed by atoms with Crippen molar-refractivity contribution in [2.45, 2.75) is 20.3 Å². The van der Waals surface area contributed by atoms with Crippen LogP contribution in [0.4, 0.5) is 0 Å². The summed E-state index contributed by atoms with van der Waals surface area (Å²) in [6.07, 6.45) is 0.670. The van der Waals surface area contributed by atoms with Gasteiger partial charge in [0.15, 0.2) is 5.76 Å². The average Bonchev–Trinajstić information content (AvgIpc) is 2.39. The first-order valence-corrected chi connectivity index (χ1v) is 3.55. The maximum Gasteiger partial charge on any atom is 0.151 e. The second kappa shape index (κ2) is 3.23. The monoisotopic (exact) mass is 153 g/mol. The van der Waals surface area contributed by atoms with E-state index in [0.717, 1.165) is 5.76 Å². The molecule has 3 nitrogen and oxygen atoms in total. The SMILES string of the molecule is CC/C(=N/O)c1ccc(C)o1. The van der Waals surface area contributed by atoms with Crippen molar-refractivity contribution in [1.82, 2.24) is 0 Å². The molecule has 3 heteroatoms. The van der Waals surface area contributed by atoms with Gasteiger partial charge in [-0.2, -0.15) is 0 Å². The van der Waals surface area contributed by atoms with Gasteiger partial charge >= 0.3 is 0 Å². The molecule has 0 fully saturated rings. The lowest BCUT2D eigenvalue weighted by Crippen LogP contribution is -1.95. The van der Waals surface area contributed by atoms with Crippen LogP contribution in [0, 0.1) is 6.92 Å². The molecule has 0 aliphatic carbocycles. The summed E-state index contributed by atoms with van der Waals surface area (Å²) in [6.45, 7) is 3.76. The molecular weight excluding hydrogens is 142 g/mol. The second-order valence-electron chi connectivity index (χ2n) is 2.31. The fourth-order valence-electron chi connectivity index (χ4n) is 0.884. The molecule has 0 aromatic carbocycles. The van der Waals surface area contributed by atoms with Crippen molar-refractivity contribution in [2.75, 3.05) is 0 Å². The topological polar surface area (TPSA) is 45.7 Å². The van der Waals surface area contributed by atoms with Crippen LogP contribution in [0.1, 0.15) is 24.9 Å². The smallest absolute Gasteiger partial charge is 0.151 e. The van der Waals surface area contributed by atoms with Gasteiger partial charge in [0.2, 0.25) is 0 Å². The van der Waals surface area contributed by atoms with Gasteiger partial charge < -0.3 is 9.62 Å². The van der Waals surface area contributed by atoms with E-state index < -0.39 is 0 Å². The van der Waals surface area contributed by atoms with Gasteiger partial charge in [-0.05, 0) is 25.5 Å². The van der Waals surface area contributed by atoms with Crippen LogP contribution in [-0.4, -0.2) is 10.9 Å². The summed E-state index contributed by atoms with van der Waals surface area (Å²) >= 11 is 0. The third-order valence-electron chi connectivity index (χ3n) is 1.48. The molecule has 0 unspecified atom stereocenters. The minimum Gasteiger partial charge on any atom is -0.460 e. The molecule has 0 saturated carbocycles. The van der Waals surface area contributed by atoms with Crippen molar-refractivity contribution in [2.24, 2.45) is 5.16 Å². The van der Waals surface area contributed by atoms with E-state index in [9.17, 15) is 0 Å². The third-order valence-corrected chi connectivity index (χ3v) is 1.48.